The molecule has 1 aromatic heterocycles. The number of aromatic amines is 1. The molecule has 0 saturated carbocycles. The fourth-order valence-electron chi connectivity index (χ4n) is 2.67. The van der Waals surface area contributed by atoms with Gasteiger partial charge in [-0.25, -0.2) is 0 Å². The predicted octanol–water partition coefficient (Wildman–Crippen LogP) is 1.50. The summed E-state index contributed by atoms with van der Waals surface area (Å²) in [6.45, 7) is 3.06. The third-order valence-electron chi connectivity index (χ3n) is 3.95. The van der Waals surface area contributed by atoms with Gasteiger partial charge in [-0.3, -0.25) is 14.5 Å². The molecule has 3 rings (SSSR count). The molecule has 0 aliphatic carbocycles. The van der Waals surface area contributed by atoms with Crippen LogP contribution in [0.4, 0.5) is 0 Å². The third-order valence-corrected chi connectivity index (χ3v) is 3.95. The largest absolute Gasteiger partial charge is 0.480 e. The van der Waals surface area contributed by atoms with Crippen LogP contribution >= 0.6 is 0 Å². The van der Waals surface area contributed by atoms with Crippen molar-refractivity contribution in [2.45, 2.75) is 25.9 Å². The molecular weight excluding hydrogens is 256 g/mol. The minimum absolute atomic E-state index is 0.136. The molecule has 1 fully saturated rings. The number of aromatic nitrogens is 1. The van der Waals surface area contributed by atoms with Gasteiger partial charge in [0.2, 0.25) is 0 Å². The van der Waals surface area contributed by atoms with Crippen LogP contribution in [0.2, 0.25) is 0 Å². The Bertz CT molecular complexity index is 735. The monoisotopic (exact) mass is 272 g/mol. The molecule has 104 valence electrons. The molecule has 1 unspecified atom stereocenters. The topological polar surface area (TPSA) is 73.4 Å². The smallest absolute Gasteiger partial charge is 0.320 e. The summed E-state index contributed by atoms with van der Waals surface area (Å²) in [7, 11) is 0. The Balaban J connectivity index is 1.94. The molecule has 5 heteroatoms. The SMILES string of the molecule is Cc1cccc2cc(CN3CCC3C(=O)O)c(=O)[nH]c12. The molecule has 1 saturated heterocycles. The van der Waals surface area contributed by atoms with Crippen LogP contribution in [0.3, 0.4) is 0 Å². The molecule has 2 N–H and O–H groups in total. The number of carboxylic acids is 1. The minimum atomic E-state index is -0.815. The van der Waals surface area contributed by atoms with Crippen LogP contribution in [0.15, 0.2) is 29.1 Å². The van der Waals surface area contributed by atoms with Gasteiger partial charge in [-0.2, -0.15) is 0 Å². The molecule has 20 heavy (non-hydrogen) atoms. The van der Waals surface area contributed by atoms with Crippen LogP contribution in [-0.4, -0.2) is 33.5 Å². The van der Waals surface area contributed by atoms with Crippen molar-refractivity contribution in [3.05, 3.63) is 45.7 Å². The number of rotatable bonds is 3. The Morgan fingerprint density at radius 3 is 2.95 bits per heavy atom. The molecule has 0 radical (unpaired) electrons. The lowest BCUT2D eigenvalue weighted by Gasteiger charge is -2.37. The first-order chi connectivity index (χ1) is 9.56. The number of hydrogen-bond acceptors (Lipinski definition) is 3. The van der Waals surface area contributed by atoms with Crippen LogP contribution < -0.4 is 5.56 Å². The van der Waals surface area contributed by atoms with E-state index in [1.807, 2.05) is 36.1 Å². The van der Waals surface area contributed by atoms with E-state index < -0.39 is 12.0 Å². The van der Waals surface area contributed by atoms with Crippen molar-refractivity contribution in [1.82, 2.24) is 9.88 Å². The molecule has 0 bridgehead atoms. The maximum absolute atomic E-state index is 12.1. The van der Waals surface area contributed by atoms with Gasteiger partial charge in [0.15, 0.2) is 0 Å². The number of nitrogens with one attached hydrogen (secondary N) is 1. The van der Waals surface area contributed by atoms with E-state index in [0.717, 1.165) is 23.0 Å². The number of carboxylic acid groups (broad SMARTS) is 1. The highest BCUT2D eigenvalue weighted by Gasteiger charge is 2.34. The molecule has 2 heterocycles. The van der Waals surface area contributed by atoms with Crippen molar-refractivity contribution in [3.63, 3.8) is 0 Å². The lowest BCUT2D eigenvalue weighted by atomic mass is 10.0. The third kappa shape index (κ3) is 2.10. The normalized spacial score (nSPS) is 18.9. The Morgan fingerprint density at radius 2 is 2.30 bits per heavy atom. The Kier molecular flexibility index (Phi) is 3.06. The zero-order chi connectivity index (χ0) is 14.3. The number of carbonyl (C=O) groups is 1. The first-order valence-corrected chi connectivity index (χ1v) is 6.64. The van der Waals surface area contributed by atoms with E-state index in [2.05, 4.69) is 4.98 Å². The Labute approximate surface area is 115 Å². The minimum Gasteiger partial charge on any atom is -0.480 e. The maximum Gasteiger partial charge on any atom is 0.320 e. The van der Waals surface area contributed by atoms with Crippen LogP contribution in [0.5, 0.6) is 0 Å². The molecular formula is C15H16N2O3. The fraction of sp³-hybridized carbons (Fsp3) is 0.333. The summed E-state index contributed by atoms with van der Waals surface area (Å²) >= 11 is 0. The molecule has 0 amide bonds. The summed E-state index contributed by atoms with van der Waals surface area (Å²) in [6.07, 6.45) is 0.653. The summed E-state index contributed by atoms with van der Waals surface area (Å²) in [6, 6.07) is 7.25. The van der Waals surface area contributed by atoms with Crippen molar-refractivity contribution >= 4 is 16.9 Å². The average molecular weight is 272 g/mol. The summed E-state index contributed by atoms with van der Waals surface area (Å²) in [5, 5.41) is 10.0. The Hall–Kier alpha value is -2.14. The van der Waals surface area contributed by atoms with E-state index in [0.29, 0.717) is 18.5 Å². The number of pyridine rings is 1. The highest BCUT2D eigenvalue weighted by Crippen LogP contribution is 2.21. The second-order valence-corrected chi connectivity index (χ2v) is 5.28. The molecule has 2 aromatic rings. The first-order valence-electron chi connectivity index (χ1n) is 6.64. The average Bonchev–Trinajstić information content (AvgIpc) is 2.35. The lowest BCUT2D eigenvalue weighted by Crippen LogP contribution is -2.52. The zero-order valence-electron chi connectivity index (χ0n) is 11.2. The van der Waals surface area contributed by atoms with E-state index in [1.165, 1.54) is 0 Å². The predicted molar refractivity (Wildman–Crippen MR) is 75.8 cm³/mol. The molecule has 1 aliphatic heterocycles. The summed E-state index contributed by atoms with van der Waals surface area (Å²) in [5.74, 6) is -0.815. The van der Waals surface area contributed by atoms with Gasteiger partial charge in [-0.05, 0) is 30.4 Å². The van der Waals surface area contributed by atoms with Gasteiger partial charge in [0.05, 0.1) is 5.52 Å². The molecule has 1 aliphatic rings. The Morgan fingerprint density at radius 1 is 1.50 bits per heavy atom. The quantitative estimate of drug-likeness (QED) is 0.888. The molecule has 1 atom stereocenters. The second-order valence-electron chi connectivity index (χ2n) is 5.28. The van der Waals surface area contributed by atoms with E-state index in [1.54, 1.807) is 0 Å². The standard InChI is InChI=1S/C15H16N2O3/c1-9-3-2-4-10-7-11(14(18)16-13(9)10)8-17-6-5-12(17)15(19)20/h2-4,7,12H,5-6,8H2,1H3,(H,16,18)(H,19,20). The summed E-state index contributed by atoms with van der Waals surface area (Å²) in [5.41, 5.74) is 2.36. The number of aryl methyl sites for hydroxylation is 1. The highest BCUT2D eigenvalue weighted by atomic mass is 16.4. The van der Waals surface area contributed by atoms with Crippen LogP contribution in [-0.2, 0) is 11.3 Å². The number of H-pyrrole nitrogens is 1. The first kappa shape index (κ1) is 12.9. The van der Waals surface area contributed by atoms with Gasteiger partial charge >= 0.3 is 5.97 Å². The molecule has 1 aromatic carbocycles. The zero-order valence-corrected chi connectivity index (χ0v) is 11.2. The maximum atomic E-state index is 12.1. The van der Waals surface area contributed by atoms with Gasteiger partial charge in [0.25, 0.3) is 5.56 Å². The van der Waals surface area contributed by atoms with E-state index in [9.17, 15) is 9.59 Å². The van der Waals surface area contributed by atoms with E-state index in [4.69, 9.17) is 5.11 Å². The lowest BCUT2D eigenvalue weighted by molar-refractivity contribution is -0.148. The van der Waals surface area contributed by atoms with Gasteiger partial charge in [0, 0.05) is 18.7 Å². The highest BCUT2D eigenvalue weighted by molar-refractivity contribution is 5.82. The van der Waals surface area contributed by atoms with Gasteiger partial charge in [-0.15, -0.1) is 0 Å². The second kappa shape index (κ2) is 4.76. The van der Waals surface area contributed by atoms with E-state index in [-0.39, 0.29) is 5.56 Å². The number of benzene rings is 1. The number of fused-ring (bicyclic) bond motifs is 1. The van der Waals surface area contributed by atoms with Crippen molar-refractivity contribution < 1.29 is 9.90 Å². The van der Waals surface area contributed by atoms with Crippen molar-refractivity contribution in [1.29, 1.82) is 0 Å². The number of aliphatic carboxylic acids is 1. The van der Waals surface area contributed by atoms with Crippen molar-refractivity contribution in [2.75, 3.05) is 6.54 Å². The van der Waals surface area contributed by atoms with Crippen LogP contribution in [0, 0.1) is 6.92 Å². The van der Waals surface area contributed by atoms with Gasteiger partial charge < -0.3 is 10.1 Å². The van der Waals surface area contributed by atoms with Crippen LogP contribution in [0.25, 0.3) is 10.9 Å². The summed E-state index contributed by atoms with van der Waals surface area (Å²) in [4.78, 5) is 27.8. The van der Waals surface area contributed by atoms with Gasteiger partial charge in [-0.1, -0.05) is 18.2 Å². The number of hydrogen-bond donors (Lipinski definition) is 2. The van der Waals surface area contributed by atoms with Crippen molar-refractivity contribution in [2.24, 2.45) is 0 Å². The molecule has 5 nitrogen and oxygen atoms in total. The number of para-hydroxylation sites is 1. The fourth-order valence-corrected chi connectivity index (χ4v) is 2.67. The number of nitrogens with zero attached hydrogens (tertiary/aromatic N) is 1. The van der Waals surface area contributed by atoms with Crippen molar-refractivity contribution in [3.8, 4) is 0 Å². The molecule has 0 spiro atoms. The van der Waals surface area contributed by atoms with Gasteiger partial charge in [0.1, 0.15) is 6.04 Å². The van der Waals surface area contributed by atoms with E-state index >= 15 is 0 Å². The summed E-state index contributed by atoms with van der Waals surface area (Å²) < 4.78 is 0. The van der Waals surface area contributed by atoms with Crippen LogP contribution in [0.1, 0.15) is 17.5 Å². The number of likely N-dealkylation sites (tertiary alicyclic amines) is 1.